The molecule has 1 aromatic heterocycles. The van der Waals surface area contributed by atoms with E-state index in [1.807, 2.05) is 83.3 Å². The van der Waals surface area contributed by atoms with Crippen molar-refractivity contribution in [3.8, 4) is 10.6 Å². The summed E-state index contributed by atoms with van der Waals surface area (Å²) in [6.45, 7) is 16.8. The van der Waals surface area contributed by atoms with Gasteiger partial charge < -0.3 is 43.3 Å². The fourth-order valence-corrected chi connectivity index (χ4v) is 11.2. The first-order chi connectivity index (χ1) is 29.0. The molecule has 0 radical (unpaired) electrons. The number of aliphatic hydroxyl groups excluding tert-OH is 1. The number of rotatable bonds is 8. The van der Waals surface area contributed by atoms with E-state index in [-0.39, 0.29) is 43.8 Å². The highest BCUT2D eigenvalue weighted by Gasteiger charge is 2.60. The number of benzene rings is 1. The smallest absolute Gasteiger partial charge is 0.410 e. The first-order valence-electron chi connectivity index (χ1n) is 21.9. The Morgan fingerprint density at radius 1 is 1.10 bits per heavy atom. The van der Waals surface area contributed by atoms with Gasteiger partial charge in [-0.1, -0.05) is 51.0 Å². The van der Waals surface area contributed by atoms with Crippen LogP contribution in [0.4, 0.5) is 4.79 Å². The molecule has 4 bridgehead atoms. The summed E-state index contributed by atoms with van der Waals surface area (Å²) in [6, 6.07) is 7.34. The number of hydrogen-bond acceptors (Lipinski definition) is 15. The monoisotopic (exact) mass is 867 g/mol. The van der Waals surface area contributed by atoms with E-state index in [9.17, 15) is 14.7 Å². The van der Waals surface area contributed by atoms with Gasteiger partial charge in [0.05, 0.1) is 55.6 Å². The zero-order chi connectivity index (χ0) is 43.8. The number of likely N-dealkylation sites (N-methyl/N-ethyl adjacent to an activating group) is 1. The number of aliphatic hydroxyl groups is 1. The first kappa shape index (κ1) is 45.5. The number of hydrogen-bond donors (Lipinski definition) is 1. The minimum atomic E-state index is -1.14. The average Bonchev–Trinajstić information content (AvgIpc) is 3.81. The Balaban J connectivity index is 1.29. The molecule has 336 valence electrons. The SMILES string of the molecule is CC[C@@H]1OC(=O)[C@H](C)[C@H]2OCC(=NOCc3cccc(-c4nccs4)c3)CO[C@](C)(C[C@@H](C)C3=NCCN4C(=O)O[C@@]1(C)[C@H]4[C@H]3C)[C@@H](O[C@H]1O[C@@H](C)C[C@@H](N(C)C)[C@@H]1O)[C@@H]2C. The number of thiazole rings is 1. The predicted molar refractivity (Wildman–Crippen MR) is 230 cm³/mol. The highest BCUT2D eigenvalue weighted by Crippen LogP contribution is 2.45. The zero-order valence-electron chi connectivity index (χ0n) is 37.3. The normalized spacial score (nSPS) is 39.4. The molecule has 15 nitrogen and oxygen atoms in total. The molecule has 2 aromatic rings. The molecule has 6 heterocycles. The second-order valence-electron chi connectivity index (χ2n) is 18.3. The van der Waals surface area contributed by atoms with Crippen molar-refractivity contribution >= 4 is 34.8 Å². The highest BCUT2D eigenvalue weighted by molar-refractivity contribution is 7.13. The van der Waals surface area contributed by atoms with Crippen LogP contribution in [0.1, 0.15) is 80.2 Å². The fourth-order valence-electron chi connectivity index (χ4n) is 10.6. The number of oxime groups is 1. The minimum Gasteiger partial charge on any atom is -0.458 e. The van der Waals surface area contributed by atoms with E-state index in [1.165, 1.54) is 0 Å². The molecule has 61 heavy (non-hydrogen) atoms. The van der Waals surface area contributed by atoms with Crippen LogP contribution in [0, 0.1) is 23.7 Å². The van der Waals surface area contributed by atoms with Gasteiger partial charge in [0.2, 0.25) is 0 Å². The van der Waals surface area contributed by atoms with Crippen LogP contribution < -0.4 is 0 Å². The molecule has 0 spiro atoms. The number of nitrogens with zero attached hydrogens (tertiary/aromatic N) is 5. The van der Waals surface area contributed by atoms with Crippen LogP contribution in [-0.4, -0.2) is 144 Å². The summed E-state index contributed by atoms with van der Waals surface area (Å²) < 4.78 is 40.0. The molecule has 5 aliphatic heterocycles. The lowest BCUT2D eigenvalue weighted by Crippen LogP contribution is -2.60. The number of ether oxygens (including phenoxy) is 6. The van der Waals surface area contributed by atoms with E-state index in [4.69, 9.17) is 38.3 Å². The standard InChI is InChI=1S/C45H65N5O10S/c1-11-34-45(8)38-27(4)35(46-15-17-50(38)43(53)60-45)25(2)21-44(7)39(59-42-36(51)33(49(9)10)19-26(3)57-42)28(5)37(29(6)41(52)58-34)54-23-32(24-55-44)48-56-22-30-13-12-14-31(20-30)40-47-16-18-61-40/h12-14,16,18,20,25-29,33-34,36-39,42,51H,11,15,17,19,21-24H2,1-10H3/t25-,26+,27+,28-,29-,33-,34+,36+,37+,38-,39+,42-,44-,45-/m1/s1. The average molecular weight is 868 g/mol. The van der Waals surface area contributed by atoms with Gasteiger partial charge >= 0.3 is 12.1 Å². The first-order valence-corrected chi connectivity index (χ1v) is 22.7. The maximum atomic E-state index is 14.6. The van der Waals surface area contributed by atoms with Crippen molar-refractivity contribution in [3.63, 3.8) is 0 Å². The number of aliphatic imine (C=N–C) groups is 1. The van der Waals surface area contributed by atoms with E-state index >= 15 is 0 Å². The predicted octanol–water partition coefficient (Wildman–Crippen LogP) is 5.97. The summed E-state index contributed by atoms with van der Waals surface area (Å²) >= 11 is 1.57. The molecule has 16 heteroatoms. The van der Waals surface area contributed by atoms with Gasteiger partial charge in [-0.2, -0.15) is 0 Å². The summed E-state index contributed by atoms with van der Waals surface area (Å²) in [6.07, 6.45) is -1.65. The van der Waals surface area contributed by atoms with E-state index in [0.29, 0.717) is 38.1 Å². The highest BCUT2D eigenvalue weighted by atomic mass is 32.1. The van der Waals surface area contributed by atoms with Crippen molar-refractivity contribution < 1.29 is 48.0 Å². The van der Waals surface area contributed by atoms with E-state index in [1.54, 1.807) is 29.4 Å². The summed E-state index contributed by atoms with van der Waals surface area (Å²) in [7, 11) is 3.88. The zero-order valence-corrected chi connectivity index (χ0v) is 38.1. The third-order valence-corrected chi connectivity index (χ3v) is 14.4. The van der Waals surface area contributed by atoms with E-state index < -0.39 is 71.8 Å². The largest absolute Gasteiger partial charge is 0.458 e. The number of amides is 1. The van der Waals surface area contributed by atoms with Crippen LogP contribution in [0.15, 0.2) is 46.0 Å². The molecule has 7 rings (SSSR count). The van der Waals surface area contributed by atoms with E-state index in [0.717, 1.165) is 21.8 Å². The second kappa shape index (κ2) is 18.7. The molecule has 14 atom stereocenters. The number of carbonyl (C=O) groups excluding carboxylic acids is 2. The van der Waals surface area contributed by atoms with Crippen LogP contribution in [-0.2, 0) is 44.7 Å². The summed E-state index contributed by atoms with van der Waals surface area (Å²) in [5.41, 5.74) is 1.09. The van der Waals surface area contributed by atoms with Gasteiger partial charge in [-0.3, -0.25) is 14.7 Å². The Morgan fingerprint density at radius 2 is 1.89 bits per heavy atom. The van der Waals surface area contributed by atoms with Crippen molar-refractivity contribution in [1.29, 1.82) is 0 Å². The Hall–Kier alpha value is -3.51. The molecule has 1 aromatic carbocycles. The maximum absolute atomic E-state index is 14.6. The molecule has 4 saturated heterocycles. The quantitative estimate of drug-likeness (QED) is 0.245. The Labute approximate surface area is 364 Å². The molecule has 1 N–H and O–H groups in total. The van der Waals surface area contributed by atoms with Gasteiger partial charge in [-0.25, -0.2) is 9.78 Å². The van der Waals surface area contributed by atoms with Crippen LogP contribution in [0.25, 0.3) is 10.6 Å². The fraction of sp³-hybridized carbons (Fsp3) is 0.711. The molecule has 5 aliphatic rings. The molecule has 0 aliphatic carbocycles. The molecular weight excluding hydrogens is 803 g/mol. The second-order valence-corrected chi connectivity index (χ2v) is 19.2. The van der Waals surface area contributed by atoms with Gasteiger partial charge in [0.15, 0.2) is 11.9 Å². The van der Waals surface area contributed by atoms with Gasteiger partial charge in [0, 0.05) is 47.3 Å². The third kappa shape index (κ3) is 9.27. The Bertz CT molecular complexity index is 1910. The van der Waals surface area contributed by atoms with Crippen LogP contribution in [0.3, 0.4) is 0 Å². The van der Waals surface area contributed by atoms with Crippen molar-refractivity contribution in [2.75, 3.05) is 40.4 Å². The number of cyclic esters (lactones) is 1. The lowest BCUT2D eigenvalue weighted by molar-refractivity contribution is -0.302. The van der Waals surface area contributed by atoms with E-state index in [2.05, 4.69) is 24.0 Å². The minimum absolute atomic E-state index is 0.000260. The van der Waals surface area contributed by atoms with Crippen LogP contribution in [0.5, 0.6) is 0 Å². The Morgan fingerprint density at radius 3 is 2.61 bits per heavy atom. The number of fused-ring (bicyclic) bond motifs is 4. The number of esters is 1. The van der Waals surface area contributed by atoms with Gasteiger partial charge in [-0.15, -0.1) is 11.3 Å². The lowest BCUT2D eigenvalue weighted by atomic mass is 9.72. The molecule has 0 unspecified atom stereocenters. The molecule has 0 saturated carbocycles. The third-order valence-electron chi connectivity index (χ3n) is 13.6. The lowest BCUT2D eigenvalue weighted by Gasteiger charge is -2.48. The summed E-state index contributed by atoms with van der Waals surface area (Å²) in [5.74, 6) is -2.25. The van der Waals surface area contributed by atoms with Crippen molar-refractivity contribution in [1.82, 2.24) is 14.8 Å². The number of aromatic nitrogens is 1. The van der Waals surface area contributed by atoms with Gasteiger partial charge in [0.1, 0.15) is 29.5 Å². The molecular formula is C45H65N5O10S. The number of carbonyl (C=O) groups is 2. The van der Waals surface area contributed by atoms with Crippen LogP contribution >= 0.6 is 11.3 Å². The van der Waals surface area contributed by atoms with Gasteiger partial charge in [0.25, 0.3) is 0 Å². The van der Waals surface area contributed by atoms with Crippen molar-refractivity contribution in [2.24, 2.45) is 33.8 Å². The van der Waals surface area contributed by atoms with Crippen LogP contribution in [0.2, 0.25) is 0 Å². The Kier molecular flexibility index (Phi) is 13.9. The molecule has 1 amide bonds. The van der Waals surface area contributed by atoms with Crippen molar-refractivity contribution in [3.05, 3.63) is 41.4 Å². The summed E-state index contributed by atoms with van der Waals surface area (Å²) in [5, 5.41) is 19.3. The maximum Gasteiger partial charge on any atom is 0.410 e. The van der Waals surface area contributed by atoms with Gasteiger partial charge in [-0.05, 0) is 78.6 Å². The summed E-state index contributed by atoms with van der Waals surface area (Å²) in [4.78, 5) is 47.5. The molecule has 4 fully saturated rings. The van der Waals surface area contributed by atoms with Crippen molar-refractivity contribution in [2.45, 2.75) is 141 Å². The topological polar surface area (TPSA) is 163 Å².